The topological polar surface area (TPSA) is 40.5 Å². The molecule has 0 saturated carbocycles. The number of hydrogen-bond acceptors (Lipinski definition) is 3. The van der Waals surface area contributed by atoms with Gasteiger partial charge in [0.1, 0.15) is 5.82 Å². The minimum Gasteiger partial charge on any atom is -0.396 e. The van der Waals surface area contributed by atoms with Crippen LogP contribution < -0.4 is 0 Å². The van der Waals surface area contributed by atoms with Gasteiger partial charge in [-0.05, 0) is 62.0 Å². The molecule has 1 aromatic rings. The van der Waals surface area contributed by atoms with E-state index in [9.17, 15) is 9.18 Å². The molecule has 0 fully saturated rings. The number of benzene rings is 1. The van der Waals surface area contributed by atoms with E-state index in [1.807, 2.05) is 28.8 Å². The molecule has 0 spiro atoms. The first kappa shape index (κ1) is 22.7. The van der Waals surface area contributed by atoms with Gasteiger partial charge in [0.2, 0.25) is 6.41 Å². The Labute approximate surface area is 161 Å². The van der Waals surface area contributed by atoms with Gasteiger partial charge in [-0.15, -0.1) is 0 Å². The van der Waals surface area contributed by atoms with Crippen LogP contribution in [0.25, 0.3) is 0 Å². The first-order valence-corrected chi connectivity index (χ1v) is 10.6. The highest BCUT2D eigenvalue weighted by atomic mass is 32.2. The first-order chi connectivity index (χ1) is 12.6. The molecule has 0 bridgehead atoms. The molecule has 0 aliphatic carbocycles. The van der Waals surface area contributed by atoms with E-state index in [-0.39, 0.29) is 18.5 Å². The van der Waals surface area contributed by atoms with Crippen molar-refractivity contribution in [2.45, 2.75) is 52.0 Å². The summed E-state index contributed by atoms with van der Waals surface area (Å²) < 4.78 is 13.3. The molecule has 1 unspecified atom stereocenters. The smallest absolute Gasteiger partial charge is 0.210 e. The summed E-state index contributed by atoms with van der Waals surface area (Å²) in [5.41, 5.74) is 1.81. The Morgan fingerprint density at radius 3 is 2.77 bits per heavy atom. The van der Waals surface area contributed by atoms with Crippen LogP contribution in [0.3, 0.4) is 0 Å². The average molecular weight is 382 g/mol. The van der Waals surface area contributed by atoms with Gasteiger partial charge in [0.25, 0.3) is 0 Å². The molecule has 0 radical (unpaired) electrons. The Kier molecular flexibility index (Phi) is 12.1. The van der Waals surface area contributed by atoms with Crippen LogP contribution in [-0.2, 0) is 11.2 Å². The standard InChI is InChI=1S/C21H32FNO2S/c1-3-20(23(17-25)12-15-26-14-7-6-13-24)9-5-4-8-19-10-11-21(22)18(2)16-19/h5,9-11,16-17,20,24H,3-4,6-8,12-15H2,1-2H3/b9-5+. The summed E-state index contributed by atoms with van der Waals surface area (Å²) in [5, 5.41) is 8.77. The molecule has 1 rings (SSSR count). The van der Waals surface area contributed by atoms with Gasteiger partial charge in [-0.3, -0.25) is 4.79 Å². The highest BCUT2D eigenvalue weighted by molar-refractivity contribution is 7.99. The summed E-state index contributed by atoms with van der Waals surface area (Å²) in [4.78, 5) is 13.3. The summed E-state index contributed by atoms with van der Waals surface area (Å²) in [6.45, 7) is 4.86. The number of thioether (sulfide) groups is 1. The molecule has 1 amide bonds. The number of rotatable bonds is 14. The van der Waals surface area contributed by atoms with Gasteiger partial charge in [-0.2, -0.15) is 11.8 Å². The maximum atomic E-state index is 13.3. The van der Waals surface area contributed by atoms with Crippen molar-refractivity contribution in [3.8, 4) is 0 Å². The number of hydrogen-bond donors (Lipinski definition) is 1. The Hall–Kier alpha value is -1.33. The molecule has 1 atom stereocenters. The van der Waals surface area contributed by atoms with Crippen LogP contribution in [0.1, 0.15) is 43.7 Å². The highest BCUT2D eigenvalue weighted by Gasteiger charge is 2.11. The number of carbonyl (C=O) groups excluding carboxylic acids is 1. The first-order valence-electron chi connectivity index (χ1n) is 9.43. The van der Waals surface area contributed by atoms with Crippen molar-refractivity contribution in [3.05, 3.63) is 47.3 Å². The lowest BCUT2D eigenvalue weighted by atomic mass is 10.1. The SMILES string of the molecule is CCC(/C=C/CCc1ccc(F)c(C)c1)N(C=O)CCSCCCCO. The van der Waals surface area contributed by atoms with Gasteiger partial charge >= 0.3 is 0 Å². The van der Waals surface area contributed by atoms with Crippen LogP contribution >= 0.6 is 11.8 Å². The molecule has 0 aliphatic rings. The van der Waals surface area contributed by atoms with Crippen molar-refractivity contribution in [1.29, 1.82) is 0 Å². The zero-order valence-corrected chi connectivity index (χ0v) is 16.8. The molecule has 0 aliphatic heterocycles. The number of aliphatic hydroxyl groups excluding tert-OH is 1. The Morgan fingerprint density at radius 1 is 1.31 bits per heavy atom. The number of aryl methyl sites for hydroxylation is 2. The third kappa shape index (κ3) is 8.86. The highest BCUT2D eigenvalue weighted by Crippen LogP contribution is 2.12. The molecule has 3 nitrogen and oxygen atoms in total. The van der Waals surface area contributed by atoms with Crippen molar-refractivity contribution < 1.29 is 14.3 Å². The average Bonchev–Trinajstić information content (AvgIpc) is 2.65. The predicted octanol–water partition coefficient (Wildman–Crippen LogP) is 4.37. The van der Waals surface area contributed by atoms with E-state index in [2.05, 4.69) is 19.1 Å². The van der Waals surface area contributed by atoms with Gasteiger partial charge < -0.3 is 10.0 Å². The predicted molar refractivity (Wildman–Crippen MR) is 109 cm³/mol. The molecular formula is C21H32FNO2S. The van der Waals surface area contributed by atoms with Crippen molar-refractivity contribution in [2.24, 2.45) is 0 Å². The zero-order chi connectivity index (χ0) is 19.2. The number of nitrogens with zero attached hydrogens (tertiary/aromatic N) is 1. The van der Waals surface area contributed by atoms with Gasteiger partial charge in [-0.25, -0.2) is 4.39 Å². The fourth-order valence-corrected chi connectivity index (χ4v) is 3.68. The third-order valence-electron chi connectivity index (χ3n) is 4.35. The third-order valence-corrected chi connectivity index (χ3v) is 5.40. The number of unbranched alkanes of at least 4 members (excludes halogenated alkanes) is 1. The maximum Gasteiger partial charge on any atom is 0.210 e. The second kappa shape index (κ2) is 13.8. The van der Waals surface area contributed by atoms with Crippen LogP contribution in [-0.4, -0.2) is 47.1 Å². The minimum atomic E-state index is -0.161. The van der Waals surface area contributed by atoms with Crippen molar-refractivity contribution in [3.63, 3.8) is 0 Å². The number of aliphatic hydroxyl groups is 1. The molecule has 0 saturated heterocycles. The Balaban J connectivity index is 2.38. The molecule has 5 heteroatoms. The van der Waals surface area contributed by atoms with Crippen LogP contribution in [0.4, 0.5) is 4.39 Å². The van der Waals surface area contributed by atoms with Crippen molar-refractivity contribution in [1.82, 2.24) is 4.90 Å². The lowest BCUT2D eigenvalue weighted by Crippen LogP contribution is -2.34. The second-order valence-corrected chi connectivity index (χ2v) is 7.64. The fourth-order valence-electron chi connectivity index (χ4n) is 2.73. The lowest BCUT2D eigenvalue weighted by Gasteiger charge is -2.24. The Bertz CT molecular complexity index is 551. The van der Waals surface area contributed by atoms with Gasteiger partial charge in [0.05, 0.1) is 0 Å². The van der Waals surface area contributed by atoms with E-state index in [4.69, 9.17) is 5.11 Å². The monoisotopic (exact) mass is 381 g/mol. The van der Waals surface area contributed by atoms with E-state index in [0.29, 0.717) is 5.56 Å². The number of halogens is 1. The maximum absolute atomic E-state index is 13.3. The molecule has 1 N–H and O–H groups in total. The molecule has 26 heavy (non-hydrogen) atoms. The van der Waals surface area contributed by atoms with Gasteiger partial charge in [-0.1, -0.05) is 31.2 Å². The summed E-state index contributed by atoms with van der Waals surface area (Å²) in [5.74, 6) is 1.78. The summed E-state index contributed by atoms with van der Waals surface area (Å²) >= 11 is 1.83. The number of allylic oxidation sites excluding steroid dienone is 1. The zero-order valence-electron chi connectivity index (χ0n) is 16.0. The molecular weight excluding hydrogens is 349 g/mol. The van der Waals surface area contributed by atoms with E-state index in [1.54, 1.807) is 6.92 Å². The van der Waals surface area contributed by atoms with E-state index in [1.165, 1.54) is 6.07 Å². The molecule has 0 heterocycles. The molecule has 146 valence electrons. The van der Waals surface area contributed by atoms with E-state index in [0.717, 1.165) is 62.1 Å². The van der Waals surface area contributed by atoms with Gasteiger partial charge in [0.15, 0.2) is 0 Å². The minimum absolute atomic E-state index is 0.125. The summed E-state index contributed by atoms with van der Waals surface area (Å²) in [7, 11) is 0. The van der Waals surface area contributed by atoms with E-state index >= 15 is 0 Å². The fraction of sp³-hybridized carbons (Fsp3) is 0.571. The van der Waals surface area contributed by atoms with Gasteiger partial charge in [0, 0.05) is 24.9 Å². The lowest BCUT2D eigenvalue weighted by molar-refractivity contribution is -0.119. The number of carbonyl (C=O) groups is 1. The van der Waals surface area contributed by atoms with Crippen LogP contribution in [0, 0.1) is 12.7 Å². The van der Waals surface area contributed by atoms with Crippen molar-refractivity contribution in [2.75, 3.05) is 24.7 Å². The largest absolute Gasteiger partial charge is 0.396 e. The quantitative estimate of drug-likeness (QED) is 0.296. The van der Waals surface area contributed by atoms with E-state index < -0.39 is 0 Å². The Morgan fingerprint density at radius 2 is 2.12 bits per heavy atom. The normalized spacial score (nSPS) is 12.5. The van der Waals surface area contributed by atoms with Crippen molar-refractivity contribution >= 4 is 18.2 Å². The van der Waals surface area contributed by atoms with Crippen LogP contribution in [0.15, 0.2) is 30.4 Å². The number of amides is 1. The van der Waals surface area contributed by atoms with Crippen LogP contribution in [0.5, 0.6) is 0 Å². The van der Waals surface area contributed by atoms with Crippen LogP contribution in [0.2, 0.25) is 0 Å². The summed E-state index contributed by atoms with van der Waals surface area (Å²) in [6.07, 6.45) is 9.68. The molecule has 1 aromatic carbocycles. The molecule has 0 aromatic heterocycles. The summed E-state index contributed by atoms with van der Waals surface area (Å²) in [6, 6.07) is 5.38. The second-order valence-electron chi connectivity index (χ2n) is 6.41.